The third-order valence-electron chi connectivity index (χ3n) is 4.89. The summed E-state index contributed by atoms with van der Waals surface area (Å²) in [5.74, 6) is -0.406. The molecule has 0 unspecified atom stereocenters. The zero-order chi connectivity index (χ0) is 20.3. The zero-order valence-electron chi connectivity index (χ0n) is 16.3. The van der Waals surface area contributed by atoms with E-state index in [1.807, 2.05) is 10.8 Å². The minimum Gasteiger partial charge on any atom is -0.383 e. The summed E-state index contributed by atoms with van der Waals surface area (Å²) in [6.45, 7) is 1.90. The van der Waals surface area contributed by atoms with Crippen molar-refractivity contribution in [1.29, 1.82) is 0 Å². The molecule has 7 nitrogen and oxygen atoms in total. The Morgan fingerprint density at radius 3 is 2.68 bits per heavy atom. The number of fused-ring (bicyclic) bond motifs is 1. The van der Waals surface area contributed by atoms with Crippen LogP contribution in [-0.4, -0.2) is 62.5 Å². The first-order valence-corrected chi connectivity index (χ1v) is 12.9. The maximum absolute atomic E-state index is 12.8. The molecule has 1 amide bonds. The summed E-state index contributed by atoms with van der Waals surface area (Å²) in [4.78, 5) is 19.0. The Bertz CT molecular complexity index is 1020. The van der Waals surface area contributed by atoms with Gasteiger partial charge in [-0.1, -0.05) is 11.3 Å². The highest BCUT2D eigenvalue weighted by atomic mass is 32.2. The molecule has 3 rings (SSSR count). The number of ether oxygens (including phenoxy) is 1. The largest absolute Gasteiger partial charge is 0.383 e. The molecule has 10 heteroatoms. The Balaban J connectivity index is 1.88. The van der Waals surface area contributed by atoms with Gasteiger partial charge in [-0.05, 0) is 37.3 Å². The minimum atomic E-state index is -3.20. The minimum absolute atomic E-state index is 0.170. The molecule has 1 aliphatic heterocycles. The normalized spacial score (nSPS) is 17.5. The molecule has 0 N–H and O–H groups in total. The van der Waals surface area contributed by atoms with Gasteiger partial charge in [-0.15, -0.1) is 11.8 Å². The third kappa shape index (κ3) is 4.85. The number of amides is 1. The quantitative estimate of drug-likeness (QED) is 0.639. The van der Waals surface area contributed by atoms with Gasteiger partial charge in [0.2, 0.25) is 10.0 Å². The molecule has 0 saturated carbocycles. The van der Waals surface area contributed by atoms with Gasteiger partial charge in [-0.3, -0.25) is 4.79 Å². The molecular weight excluding hydrogens is 418 g/mol. The van der Waals surface area contributed by atoms with E-state index in [2.05, 4.69) is 23.2 Å². The van der Waals surface area contributed by atoms with Crippen molar-refractivity contribution in [3.8, 4) is 0 Å². The Hall–Kier alpha value is -1.20. The van der Waals surface area contributed by atoms with Crippen LogP contribution >= 0.6 is 23.1 Å². The van der Waals surface area contributed by atoms with Gasteiger partial charge in [-0.2, -0.15) is 4.99 Å². The van der Waals surface area contributed by atoms with Crippen LogP contribution < -0.4 is 4.80 Å². The summed E-state index contributed by atoms with van der Waals surface area (Å²) in [6.07, 6.45) is 4.26. The topological polar surface area (TPSA) is 81.0 Å². The molecule has 0 radical (unpaired) electrons. The van der Waals surface area contributed by atoms with Crippen molar-refractivity contribution in [1.82, 2.24) is 8.87 Å². The Morgan fingerprint density at radius 1 is 1.36 bits per heavy atom. The summed E-state index contributed by atoms with van der Waals surface area (Å²) in [5.41, 5.74) is 1.04. The number of hydrogen-bond acceptors (Lipinski definition) is 6. The molecule has 28 heavy (non-hydrogen) atoms. The number of rotatable bonds is 6. The second-order valence-electron chi connectivity index (χ2n) is 6.75. The van der Waals surface area contributed by atoms with Crippen molar-refractivity contribution in [3.63, 3.8) is 0 Å². The first-order valence-electron chi connectivity index (χ1n) is 9.03. The molecule has 2 heterocycles. The summed E-state index contributed by atoms with van der Waals surface area (Å²) in [5, 5.41) is 0. The van der Waals surface area contributed by atoms with Crippen LogP contribution in [0.25, 0.3) is 10.2 Å². The first-order chi connectivity index (χ1) is 13.3. The van der Waals surface area contributed by atoms with Crippen LogP contribution in [0.15, 0.2) is 28.1 Å². The second kappa shape index (κ2) is 9.08. The predicted octanol–water partition coefficient (Wildman–Crippen LogP) is 2.17. The second-order valence-corrected chi connectivity index (χ2v) is 10.6. The van der Waals surface area contributed by atoms with Crippen molar-refractivity contribution in [2.75, 3.05) is 39.3 Å². The van der Waals surface area contributed by atoms with Crippen molar-refractivity contribution >= 4 is 49.2 Å². The van der Waals surface area contributed by atoms with E-state index >= 15 is 0 Å². The summed E-state index contributed by atoms with van der Waals surface area (Å²) >= 11 is 3.18. The van der Waals surface area contributed by atoms with E-state index < -0.39 is 10.0 Å². The van der Waals surface area contributed by atoms with Gasteiger partial charge in [0, 0.05) is 37.6 Å². The molecule has 2 aromatic rings. The summed E-state index contributed by atoms with van der Waals surface area (Å²) < 4.78 is 33.1. The maximum atomic E-state index is 12.8. The molecule has 0 spiro atoms. The predicted molar refractivity (Wildman–Crippen MR) is 113 cm³/mol. The number of thiazole rings is 1. The molecule has 1 aromatic carbocycles. The number of thioether (sulfide) groups is 1. The number of carbonyl (C=O) groups excluding carboxylic acids is 1. The molecule has 1 saturated heterocycles. The van der Waals surface area contributed by atoms with Crippen molar-refractivity contribution in [2.24, 2.45) is 10.9 Å². The highest BCUT2D eigenvalue weighted by Crippen LogP contribution is 2.25. The average Bonchev–Trinajstić information content (AvgIpc) is 3.01. The standard InChI is InChI=1S/C18H25N3O4S3/c1-25-11-10-21-15-5-4-14(26-2)12-16(15)27-18(21)19-17(22)13-6-8-20(9-7-13)28(3,23)24/h4-5,12-13H,6-11H2,1-3H3. The number of benzene rings is 1. The molecule has 1 fully saturated rings. The Labute approximate surface area is 173 Å². The molecule has 1 aromatic heterocycles. The molecular formula is C18H25N3O4S3. The SMILES string of the molecule is COCCn1c(=NC(=O)C2CCN(S(C)(=O)=O)CC2)sc2cc(SC)ccc21. The van der Waals surface area contributed by atoms with E-state index in [0.29, 0.717) is 43.9 Å². The van der Waals surface area contributed by atoms with E-state index in [-0.39, 0.29) is 11.8 Å². The van der Waals surface area contributed by atoms with Gasteiger partial charge < -0.3 is 9.30 Å². The van der Waals surface area contributed by atoms with Gasteiger partial charge in [0.05, 0.1) is 23.1 Å². The summed E-state index contributed by atoms with van der Waals surface area (Å²) in [6, 6.07) is 6.24. The first kappa shape index (κ1) is 21.5. The average molecular weight is 444 g/mol. The molecule has 1 aliphatic rings. The smallest absolute Gasteiger partial charge is 0.251 e. The van der Waals surface area contributed by atoms with Gasteiger partial charge in [0.25, 0.3) is 5.91 Å². The van der Waals surface area contributed by atoms with Gasteiger partial charge >= 0.3 is 0 Å². The summed E-state index contributed by atoms with van der Waals surface area (Å²) in [7, 11) is -1.55. The van der Waals surface area contributed by atoms with E-state index in [1.54, 1.807) is 18.9 Å². The lowest BCUT2D eigenvalue weighted by Crippen LogP contribution is -2.39. The van der Waals surface area contributed by atoms with Crippen molar-refractivity contribution in [2.45, 2.75) is 24.3 Å². The number of carbonyl (C=O) groups is 1. The highest BCUT2D eigenvalue weighted by molar-refractivity contribution is 7.98. The number of sulfonamides is 1. The number of aromatic nitrogens is 1. The van der Waals surface area contributed by atoms with Gasteiger partial charge in [0.15, 0.2) is 4.80 Å². The molecule has 0 aliphatic carbocycles. The molecule has 0 bridgehead atoms. The van der Waals surface area contributed by atoms with Crippen LogP contribution in [0.1, 0.15) is 12.8 Å². The monoisotopic (exact) mass is 443 g/mol. The molecule has 0 atom stereocenters. The fraction of sp³-hybridized carbons (Fsp3) is 0.556. The fourth-order valence-electron chi connectivity index (χ4n) is 3.28. The highest BCUT2D eigenvalue weighted by Gasteiger charge is 2.28. The number of hydrogen-bond donors (Lipinski definition) is 0. The van der Waals surface area contributed by atoms with Crippen LogP contribution in [0.3, 0.4) is 0 Å². The van der Waals surface area contributed by atoms with Crippen molar-refractivity contribution in [3.05, 3.63) is 23.0 Å². The lowest BCUT2D eigenvalue weighted by molar-refractivity contribution is -0.122. The maximum Gasteiger partial charge on any atom is 0.251 e. The third-order valence-corrected chi connectivity index (χ3v) is 7.96. The van der Waals surface area contributed by atoms with Crippen LogP contribution in [0.5, 0.6) is 0 Å². The van der Waals surface area contributed by atoms with Crippen LogP contribution in [-0.2, 0) is 26.1 Å². The number of piperidine rings is 1. The van der Waals surface area contributed by atoms with E-state index in [0.717, 1.165) is 10.2 Å². The molecule has 154 valence electrons. The zero-order valence-corrected chi connectivity index (χ0v) is 18.7. The van der Waals surface area contributed by atoms with Crippen LogP contribution in [0.4, 0.5) is 0 Å². The lowest BCUT2D eigenvalue weighted by Gasteiger charge is -2.28. The van der Waals surface area contributed by atoms with E-state index in [1.165, 1.54) is 26.8 Å². The fourth-order valence-corrected chi connectivity index (χ4v) is 5.77. The van der Waals surface area contributed by atoms with Gasteiger partial charge in [0.1, 0.15) is 0 Å². The van der Waals surface area contributed by atoms with Crippen LogP contribution in [0.2, 0.25) is 0 Å². The van der Waals surface area contributed by atoms with Crippen LogP contribution in [0, 0.1) is 5.92 Å². The Kier molecular flexibility index (Phi) is 6.98. The van der Waals surface area contributed by atoms with Crippen molar-refractivity contribution < 1.29 is 17.9 Å². The van der Waals surface area contributed by atoms with Gasteiger partial charge in [-0.25, -0.2) is 12.7 Å². The van der Waals surface area contributed by atoms with E-state index in [9.17, 15) is 13.2 Å². The number of nitrogens with zero attached hydrogens (tertiary/aromatic N) is 3. The number of methoxy groups -OCH3 is 1. The van der Waals surface area contributed by atoms with E-state index in [4.69, 9.17) is 4.74 Å². The lowest BCUT2D eigenvalue weighted by atomic mass is 9.98. The Morgan fingerprint density at radius 2 is 2.07 bits per heavy atom.